The average molecular weight is 184 g/mol. The minimum absolute atomic E-state index is 0.243. The topological polar surface area (TPSA) is 12.0 Å². The second kappa shape index (κ2) is 4.48. The van der Waals surface area contributed by atoms with Crippen LogP contribution in [0.2, 0.25) is 0 Å². The van der Waals surface area contributed by atoms with Gasteiger partial charge in [0.1, 0.15) is 0 Å². The lowest BCUT2D eigenvalue weighted by Gasteiger charge is -2.18. The van der Waals surface area contributed by atoms with E-state index in [1.54, 1.807) is 0 Å². The first-order valence-electron chi connectivity index (χ1n) is 4.17. The molecule has 0 spiro atoms. The summed E-state index contributed by atoms with van der Waals surface area (Å²) in [6.45, 7) is 4.29. The Kier molecular flexibility index (Phi) is 3.57. The van der Waals surface area contributed by atoms with E-state index < -0.39 is 0 Å². The summed E-state index contributed by atoms with van der Waals surface area (Å²) in [4.78, 5) is 2.79. The summed E-state index contributed by atoms with van der Waals surface area (Å²) in [5.74, 6) is 0.505. The van der Waals surface area contributed by atoms with Crippen LogP contribution in [-0.4, -0.2) is 0 Å². The lowest BCUT2D eigenvalue weighted by atomic mass is 9.97. The van der Waals surface area contributed by atoms with Crippen LogP contribution in [0.5, 0.6) is 0 Å². The van der Waals surface area contributed by atoms with E-state index in [1.807, 2.05) is 18.2 Å². The van der Waals surface area contributed by atoms with Crippen LogP contribution in [-0.2, 0) is 0 Å². The van der Waals surface area contributed by atoms with Crippen LogP contribution in [0, 0.1) is 5.92 Å². The van der Waals surface area contributed by atoms with Gasteiger partial charge in [-0.05, 0) is 23.3 Å². The zero-order chi connectivity index (χ0) is 8.97. The fraction of sp³-hybridized carbons (Fsp3) is 0.400. The number of hydrogen-bond acceptors (Lipinski definition) is 1. The van der Waals surface area contributed by atoms with Crippen LogP contribution in [0.4, 0.5) is 0 Å². The third-order valence-corrected chi connectivity index (χ3v) is 2.18. The summed E-state index contributed by atoms with van der Waals surface area (Å²) in [6, 6.07) is 10.5. The third kappa shape index (κ3) is 2.23. The molecule has 0 bridgehead atoms. The van der Waals surface area contributed by atoms with E-state index >= 15 is 0 Å². The molecule has 0 aliphatic rings. The van der Waals surface area contributed by atoms with Crippen LogP contribution in [0.25, 0.3) is 0 Å². The maximum atomic E-state index is 5.65. The van der Waals surface area contributed by atoms with E-state index in [9.17, 15) is 0 Å². The molecule has 1 N–H and O–H groups in total. The van der Waals surface area contributed by atoms with Crippen molar-refractivity contribution in [2.45, 2.75) is 19.9 Å². The fourth-order valence-electron chi connectivity index (χ4n) is 1.23. The SMILES string of the molecule is CC(C)C(NCl)c1ccccc1. The second-order valence-electron chi connectivity index (χ2n) is 3.24. The van der Waals surface area contributed by atoms with E-state index in [0.29, 0.717) is 5.92 Å². The molecule has 0 aliphatic heterocycles. The highest BCUT2D eigenvalue weighted by atomic mass is 35.5. The number of nitrogens with one attached hydrogen (secondary N) is 1. The zero-order valence-corrected chi connectivity index (χ0v) is 8.18. The molecule has 1 rings (SSSR count). The van der Waals surface area contributed by atoms with Crippen LogP contribution >= 0.6 is 11.8 Å². The Bertz CT molecular complexity index is 221. The molecule has 1 atom stereocenters. The van der Waals surface area contributed by atoms with E-state index in [1.165, 1.54) is 5.56 Å². The molecule has 0 radical (unpaired) electrons. The van der Waals surface area contributed by atoms with Crippen molar-refractivity contribution in [1.29, 1.82) is 0 Å². The molecule has 1 aromatic carbocycles. The van der Waals surface area contributed by atoms with Gasteiger partial charge in [-0.25, -0.2) is 4.84 Å². The Morgan fingerprint density at radius 2 is 1.75 bits per heavy atom. The molecule has 1 unspecified atom stereocenters. The van der Waals surface area contributed by atoms with Gasteiger partial charge in [-0.15, -0.1) is 0 Å². The van der Waals surface area contributed by atoms with Crippen LogP contribution in [0.15, 0.2) is 30.3 Å². The predicted molar refractivity (Wildman–Crippen MR) is 53.0 cm³/mol. The van der Waals surface area contributed by atoms with Crippen molar-refractivity contribution in [3.05, 3.63) is 35.9 Å². The van der Waals surface area contributed by atoms with Crippen molar-refractivity contribution in [1.82, 2.24) is 4.84 Å². The molecular weight excluding hydrogens is 170 g/mol. The van der Waals surface area contributed by atoms with Gasteiger partial charge in [-0.1, -0.05) is 44.2 Å². The highest BCUT2D eigenvalue weighted by Gasteiger charge is 2.12. The van der Waals surface area contributed by atoms with Gasteiger partial charge in [0.05, 0.1) is 0 Å². The fourth-order valence-corrected chi connectivity index (χ4v) is 1.61. The largest absolute Gasteiger partial charge is 0.226 e. The molecule has 0 amide bonds. The van der Waals surface area contributed by atoms with Crippen molar-refractivity contribution >= 4 is 11.8 Å². The highest BCUT2D eigenvalue weighted by Crippen LogP contribution is 2.21. The van der Waals surface area contributed by atoms with Crippen LogP contribution in [0.3, 0.4) is 0 Å². The van der Waals surface area contributed by atoms with Gasteiger partial charge in [0.15, 0.2) is 0 Å². The zero-order valence-electron chi connectivity index (χ0n) is 7.42. The van der Waals surface area contributed by atoms with Crippen LogP contribution in [0.1, 0.15) is 25.5 Å². The van der Waals surface area contributed by atoms with E-state index in [0.717, 1.165) is 0 Å². The van der Waals surface area contributed by atoms with Crippen molar-refractivity contribution in [2.24, 2.45) is 5.92 Å². The Labute approximate surface area is 78.9 Å². The smallest absolute Gasteiger partial charge is 0.0493 e. The number of rotatable bonds is 3. The maximum absolute atomic E-state index is 5.65. The van der Waals surface area contributed by atoms with Gasteiger partial charge in [0, 0.05) is 6.04 Å². The molecule has 2 heteroatoms. The Balaban J connectivity index is 2.80. The third-order valence-electron chi connectivity index (χ3n) is 1.94. The summed E-state index contributed by atoms with van der Waals surface area (Å²) in [7, 11) is 0. The lowest BCUT2D eigenvalue weighted by Crippen LogP contribution is -2.17. The Morgan fingerprint density at radius 3 is 2.17 bits per heavy atom. The Hall–Kier alpha value is -0.530. The summed E-state index contributed by atoms with van der Waals surface area (Å²) in [6.07, 6.45) is 0. The summed E-state index contributed by atoms with van der Waals surface area (Å²) >= 11 is 5.65. The van der Waals surface area contributed by atoms with Crippen molar-refractivity contribution < 1.29 is 0 Å². The maximum Gasteiger partial charge on any atom is 0.0493 e. The molecule has 12 heavy (non-hydrogen) atoms. The highest BCUT2D eigenvalue weighted by molar-refractivity contribution is 6.13. The molecule has 0 aromatic heterocycles. The standard InChI is InChI=1S/C10H14ClN/c1-8(2)10(12-11)9-6-4-3-5-7-9/h3-8,10,12H,1-2H3. The second-order valence-corrected chi connectivity index (χ2v) is 3.46. The minimum atomic E-state index is 0.243. The first kappa shape index (κ1) is 9.56. The molecule has 1 aromatic rings. The number of hydrogen-bond donors (Lipinski definition) is 1. The monoisotopic (exact) mass is 183 g/mol. The molecule has 66 valence electrons. The first-order chi connectivity index (χ1) is 5.75. The number of benzene rings is 1. The minimum Gasteiger partial charge on any atom is -0.226 e. The summed E-state index contributed by atoms with van der Waals surface area (Å²) in [5, 5.41) is 0. The van der Waals surface area contributed by atoms with E-state index in [-0.39, 0.29) is 6.04 Å². The van der Waals surface area contributed by atoms with Gasteiger partial charge in [-0.3, -0.25) is 0 Å². The van der Waals surface area contributed by atoms with Crippen molar-refractivity contribution in [3.8, 4) is 0 Å². The van der Waals surface area contributed by atoms with Gasteiger partial charge in [0.25, 0.3) is 0 Å². The quantitative estimate of drug-likeness (QED) is 0.711. The molecule has 0 heterocycles. The lowest BCUT2D eigenvalue weighted by molar-refractivity contribution is 0.482. The van der Waals surface area contributed by atoms with Crippen LogP contribution < -0.4 is 4.84 Å². The summed E-state index contributed by atoms with van der Waals surface area (Å²) in [5.41, 5.74) is 1.24. The Morgan fingerprint density at radius 1 is 1.17 bits per heavy atom. The van der Waals surface area contributed by atoms with Crippen molar-refractivity contribution in [3.63, 3.8) is 0 Å². The van der Waals surface area contributed by atoms with Gasteiger partial charge in [0.2, 0.25) is 0 Å². The first-order valence-corrected chi connectivity index (χ1v) is 4.54. The van der Waals surface area contributed by atoms with E-state index in [2.05, 4.69) is 30.8 Å². The molecule has 0 fully saturated rings. The molecule has 0 saturated heterocycles. The predicted octanol–water partition coefficient (Wildman–Crippen LogP) is 3.13. The van der Waals surface area contributed by atoms with Crippen molar-refractivity contribution in [2.75, 3.05) is 0 Å². The average Bonchev–Trinajstić information content (AvgIpc) is 2.07. The normalized spacial score (nSPS) is 13.3. The van der Waals surface area contributed by atoms with Gasteiger partial charge < -0.3 is 0 Å². The van der Waals surface area contributed by atoms with E-state index in [4.69, 9.17) is 11.8 Å². The molecular formula is C10H14ClN. The molecule has 1 nitrogen and oxygen atoms in total. The number of halogens is 1. The van der Waals surface area contributed by atoms with Gasteiger partial charge >= 0.3 is 0 Å². The molecule has 0 saturated carbocycles. The molecule has 0 aliphatic carbocycles. The van der Waals surface area contributed by atoms with Gasteiger partial charge in [-0.2, -0.15) is 0 Å². The summed E-state index contributed by atoms with van der Waals surface area (Å²) < 4.78 is 0.